The second kappa shape index (κ2) is 3.49. The van der Waals surface area contributed by atoms with Gasteiger partial charge in [0.05, 0.1) is 12.1 Å². The number of benzene rings is 1. The molecule has 1 heterocycles. The summed E-state index contributed by atoms with van der Waals surface area (Å²) < 4.78 is 0. The Morgan fingerprint density at radius 1 is 1.21 bits per heavy atom. The lowest BCUT2D eigenvalue weighted by molar-refractivity contribution is -0.119. The second-order valence-corrected chi connectivity index (χ2v) is 3.24. The number of hydrogen-bond donors (Lipinski definition) is 2. The molecule has 1 amide bonds. The summed E-state index contributed by atoms with van der Waals surface area (Å²) in [6.45, 7) is 2.02. The van der Waals surface area contributed by atoms with Gasteiger partial charge in [0.2, 0.25) is 5.91 Å². The van der Waals surface area contributed by atoms with E-state index >= 15 is 0 Å². The maximum absolute atomic E-state index is 10.8. The van der Waals surface area contributed by atoms with Crippen molar-refractivity contribution in [1.82, 2.24) is 10.9 Å². The molecule has 0 atom stereocenters. The first kappa shape index (κ1) is 8.74. The molecule has 0 bridgehead atoms. The number of carbonyl (C=O) groups excluding carboxylic acids is 1. The van der Waals surface area contributed by atoms with Crippen molar-refractivity contribution in [3.05, 3.63) is 29.8 Å². The summed E-state index contributed by atoms with van der Waals surface area (Å²) in [6.07, 6.45) is 0.327. The number of amidine groups is 1. The van der Waals surface area contributed by atoms with Crippen molar-refractivity contribution in [2.75, 3.05) is 0 Å². The second-order valence-electron chi connectivity index (χ2n) is 3.24. The third-order valence-electron chi connectivity index (χ3n) is 1.97. The van der Waals surface area contributed by atoms with Crippen molar-refractivity contribution < 1.29 is 4.79 Å². The Morgan fingerprint density at radius 3 is 2.50 bits per heavy atom. The van der Waals surface area contributed by atoms with Gasteiger partial charge < -0.3 is 0 Å². The van der Waals surface area contributed by atoms with Crippen LogP contribution in [0.1, 0.15) is 12.0 Å². The average Bonchev–Trinajstić information content (AvgIpc) is 2.56. The van der Waals surface area contributed by atoms with Gasteiger partial charge in [0.1, 0.15) is 5.84 Å². The molecule has 72 valence electrons. The smallest absolute Gasteiger partial charge is 0.245 e. The minimum Gasteiger partial charge on any atom is -0.285 e. The van der Waals surface area contributed by atoms with Crippen molar-refractivity contribution in [3.63, 3.8) is 0 Å². The van der Waals surface area contributed by atoms with Crippen molar-refractivity contribution >= 4 is 17.4 Å². The zero-order valence-electron chi connectivity index (χ0n) is 7.87. The first-order chi connectivity index (χ1) is 6.74. The average molecular weight is 189 g/mol. The van der Waals surface area contributed by atoms with Gasteiger partial charge in [-0.2, -0.15) is 0 Å². The number of rotatable bonds is 1. The summed E-state index contributed by atoms with van der Waals surface area (Å²) in [6, 6.07) is 7.83. The molecule has 4 nitrogen and oxygen atoms in total. The Morgan fingerprint density at radius 2 is 1.93 bits per heavy atom. The number of aryl methyl sites for hydroxylation is 1. The fourth-order valence-corrected chi connectivity index (χ4v) is 1.22. The number of nitrogens with zero attached hydrogens (tertiary/aromatic N) is 1. The van der Waals surface area contributed by atoms with Crippen LogP contribution in [-0.4, -0.2) is 11.7 Å². The van der Waals surface area contributed by atoms with Gasteiger partial charge in [0.25, 0.3) is 0 Å². The molecule has 1 fully saturated rings. The highest BCUT2D eigenvalue weighted by Gasteiger charge is 2.14. The van der Waals surface area contributed by atoms with Crippen LogP contribution in [0.3, 0.4) is 0 Å². The lowest BCUT2D eigenvalue weighted by atomic mass is 10.2. The summed E-state index contributed by atoms with van der Waals surface area (Å²) in [5.74, 6) is 0.620. The Labute approximate surface area is 82.0 Å². The first-order valence-corrected chi connectivity index (χ1v) is 4.43. The molecule has 0 saturated carbocycles. The van der Waals surface area contributed by atoms with E-state index in [1.807, 2.05) is 31.2 Å². The number of hydrazine groups is 1. The van der Waals surface area contributed by atoms with E-state index in [-0.39, 0.29) is 5.91 Å². The fraction of sp³-hybridized carbons (Fsp3) is 0.200. The van der Waals surface area contributed by atoms with E-state index in [0.717, 1.165) is 5.69 Å². The summed E-state index contributed by atoms with van der Waals surface area (Å²) in [7, 11) is 0. The summed E-state index contributed by atoms with van der Waals surface area (Å²) in [5, 5.41) is 0. The molecule has 1 aromatic rings. The number of nitrogens with one attached hydrogen (secondary N) is 2. The molecule has 4 heteroatoms. The number of carbonyl (C=O) groups is 1. The molecular weight excluding hydrogens is 178 g/mol. The molecule has 1 aromatic carbocycles. The minimum absolute atomic E-state index is 0.0455. The van der Waals surface area contributed by atoms with Crippen molar-refractivity contribution in [2.45, 2.75) is 13.3 Å². The van der Waals surface area contributed by atoms with Gasteiger partial charge >= 0.3 is 0 Å². The van der Waals surface area contributed by atoms with E-state index in [9.17, 15) is 4.79 Å². The molecule has 1 aliphatic heterocycles. The van der Waals surface area contributed by atoms with Crippen LogP contribution < -0.4 is 10.9 Å². The Bertz CT molecular complexity index is 381. The van der Waals surface area contributed by atoms with Crippen LogP contribution in [0.2, 0.25) is 0 Å². The predicted octanol–water partition coefficient (Wildman–Crippen LogP) is 1.05. The molecule has 0 radical (unpaired) electrons. The van der Waals surface area contributed by atoms with Crippen molar-refractivity contribution in [3.8, 4) is 0 Å². The van der Waals surface area contributed by atoms with Gasteiger partial charge in [-0.1, -0.05) is 17.7 Å². The Hall–Kier alpha value is -1.84. The number of hydrogen-bond acceptors (Lipinski definition) is 2. The summed E-state index contributed by atoms with van der Waals surface area (Å²) in [4.78, 5) is 15.1. The Balaban J connectivity index is 2.17. The molecular formula is C10H11N3O. The molecule has 2 N–H and O–H groups in total. The van der Waals surface area contributed by atoms with E-state index in [2.05, 4.69) is 15.8 Å². The zero-order valence-corrected chi connectivity index (χ0v) is 7.87. The van der Waals surface area contributed by atoms with Crippen molar-refractivity contribution in [1.29, 1.82) is 0 Å². The third-order valence-corrected chi connectivity index (χ3v) is 1.97. The maximum Gasteiger partial charge on any atom is 0.245 e. The van der Waals surface area contributed by atoms with Crippen LogP contribution in [0, 0.1) is 6.92 Å². The van der Waals surface area contributed by atoms with Gasteiger partial charge in [-0.3, -0.25) is 15.6 Å². The topological polar surface area (TPSA) is 53.5 Å². The first-order valence-electron chi connectivity index (χ1n) is 4.43. The fourth-order valence-electron chi connectivity index (χ4n) is 1.22. The van der Waals surface area contributed by atoms with E-state index in [1.165, 1.54) is 5.56 Å². The molecule has 0 spiro atoms. The standard InChI is InChI=1S/C10H11N3O/c1-7-2-4-8(5-3-7)11-9-6-10(14)13-12-9/h2-5H,6H2,1H3,(H,11,12)(H,13,14). The van der Waals surface area contributed by atoms with E-state index < -0.39 is 0 Å². The third kappa shape index (κ3) is 1.90. The van der Waals surface area contributed by atoms with Crippen LogP contribution in [0.25, 0.3) is 0 Å². The zero-order chi connectivity index (χ0) is 9.97. The van der Waals surface area contributed by atoms with E-state index in [1.54, 1.807) is 0 Å². The van der Waals surface area contributed by atoms with E-state index in [4.69, 9.17) is 0 Å². The Kier molecular flexibility index (Phi) is 2.18. The largest absolute Gasteiger partial charge is 0.285 e. The molecule has 14 heavy (non-hydrogen) atoms. The normalized spacial score (nSPS) is 18.1. The van der Waals surface area contributed by atoms with Crippen LogP contribution in [-0.2, 0) is 4.79 Å². The SMILES string of the molecule is Cc1ccc(N=C2CC(=O)NN2)cc1. The van der Waals surface area contributed by atoms with Crippen LogP contribution in [0.15, 0.2) is 29.3 Å². The molecule has 0 aromatic heterocycles. The molecule has 0 aliphatic carbocycles. The number of aliphatic imine (C=N–C) groups is 1. The molecule has 1 aliphatic rings. The predicted molar refractivity (Wildman–Crippen MR) is 54.2 cm³/mol. The van der Waals surface area contributed by atoms with Gasteiger partial charge in [0.15, 0.2) is 0 Å². The van der Waals surface area contributed by atoms with Gasteiger partial charge in [-0.05, 0) is 19.1 Å². The highest BCUT2D eigenvalue weighted by atomic mass is 16.2. The molecule has 1 saturated heterocycles. The maximum atomic E-state index is 10.8. The number of amides is 1. The van der Waals surface area contributed by atoms with Gasteiger partial charge in [0, 0.05) is 0 Å². The van der Waals surface area contributed by atoms with Gasteiger partial charge in [-0.25, -0.2) is 4.99 Å². The highest BCUT2D eigenvalue weighted by molar-refractivity contribution is 6.05. The van der Waals surface area contributed by atoms with Gasteiger partial charge in [-0.15, -0.1) is 0 Å². The lowest BCUT2D eigenvalue weighted by Crippen LogP contribution is -2.28. The molecule has 0 unspecified atom stereocenters. The monoisotopic (exact) mass is 189 g/mol. The quantitative estimate of drug-likeness (QED) is 0.693. The summed E-state index contributed by atoms with van der Waals surface area (Å²) in [5.41, 5.74) is 7.25. The molecule has 2 rings (SSSR count). The van der Waals surface area contributed by atoms with Crippen molar-refractivity contribution in [2.24, 2.45) is 4.99 Å². The minimum atomic E-state index is -0.0455. The highest BCUT2D eigenvalue weighted by Crippen LogP contribution is 2.13. The van der Waals surface area contributed by atoms with Crippen LogP contribution in [0.4, 0.5) is 5.69 Å². The van der Waals surface area contributed by atoms with Crippen LogP contribution in [0.5, 0.6) is 0 Å². The lowest BCUT2D eigenvalue weighted by Gasteiger charge is -1.97. The van der Waals surface area contributed by atoms with E-state index in [0.29, 0.717) is 12.3 Å². The van der Waals surface area contributed by atoms with Crippen LogP contribution >= 0.6 is 0 Å². The summed E-state index contributed by atoms with van der Waals surface area (Å²) >= 11 is 0.